The minimum atomic E-state index is -0.181. The van der Waals surface area contributed by atoms with Crippen LogP contribution in [-0.2, 0) is 11.3 Å². The molecule has 0 saturated carbocycles. The van der Waals surface area contributed by atoms with Crippen LogP contribution < -0.4 is 10.6 Å². The number of carbonyl (C=O) groups is 1. The number of likely N-dealkylation sites (N-methyl/N-ethyl adjacent to an activating group) is 1. The first kappa shape index (κ1) is 14.0. The number of benzene rings is 1. The molecule has 4 nitrogen and oxygen atoms in total. The number of carbonyl (C=O) groups excluding carboxylic acids is 1. The molecule has 0 bridgehead atoms. The molecule has 1 amide bonds. The third-order valence-corrected chi connectivity index (χ3v) is 3.69. The monoisotopic (exact) mass is 261 g/mol. The zero-order valence-electron chi connectivity index (χ0n) is 11.8. The molecule has 1 unspecified atom stereocenters. The Morgan fingerprint density at radius 1 is 1.32 bits per heavy atom. The topological polar surface area (TPSA) is 44.4 Å². The highest BCUT2D eigenvalue weighted by atomic mass is 16.2. The van der Waals surface area contributed by atoms with Crippen molar-refractivity contribution in [3.8, 4) is 0 Å². The summed E-state index contributed by atoms with van der Waals surface area (Å²) in [6.07, 6.45) is 2.57. The van der Waals surface area contributed by atoms with Gasteiger partial charge in [0.15, 0.2) is 0 Å². The maximum Gasteiger partial charge on any atom is 0.241 e. The third kappa shape index (κ3) is 3.78. The maximum atomic E-state index is 11.9. The molecule has 19 heavy (non-hydrogen) atoms. The number of amides is 1. The van der Waals surface area contributed by atoms with Crippen molar-refractivity contribution in [2.24, 2.45) is 0 Å². The van der Waals surface area contributed by atoms with Crippen molar-refractivity contribution in [2.45, 2.75) is 32.4 Å². The molecule has 1 aromatic rings. The molecule has 1 aliphatic heterocycles. The van der Waals surface area contributed by atoms with Crippen molar-refractivity contribution in [1.29, 1.82) is 0 Å². The summed E-state index contributed by atoms with van der Waals surface area (Å²) in [5.41, 5.74) is 2.13. The molecule has 1 aliphatic rings. The fourth-order valence-electron chi connectivity index (χ4n) is 2.33. The van der Waals surface area contributed by atoms with Gasteiger partial charge in [-0.25, -0.2) is 0 Å². The lowest BCUT2D eigenvalue weighted by atomic mass is 10.1. The van der Waals surface area contributed by atoms with Crippen LogP contribution in [-0.4, -0.2) is 37.0 Å². The Bertz CT molecular complexity index is 427. The van der Waals surface area contributed by atoms with Gasteiger partial charge in [-0.05, 0) is 51.5 Å². The molecule has 0 spiro atoms. The van der Waals surface area contributed by atoms with Crippen molar-refractivity contribution >= 4 is 11.6 Å². The number of hydrogen-bond acceptors (Lipinski definition) is 3. The first-order chi connectivity index (χ1) is 9.20. The molecule has 1 saturated heterocycles. The van der Waals surface area contributed by atoms with Crippen molar-refractivity contribution in [3.63, 3.8) is 0 Å². The largest absolute Gasteiger partial charge is 0.324 e. The van der Waals surface area contributed by atoms with Crippen LogP contribution in [0, 0.1) is 0 Å². The maximum absolute atomic E-state index is 11.9. The molecular formula is C15H23N3O. The third-order valence-electron chi connectivity index (χ3n) is 3.69. The van der Waals surface area contributed by atoms with Gasteiger partial charge in [0, 0.05) is 12.2 Å². The number of para-hydroxylation sites is 1. The van der Waals surface area contributed by atoms with Crippen LogP contribution in [0.5, 0.6) is 0 Å². The summed E-state index contributed by atoms with van der Waals surface area (Å²) in [6, 6.07) is 7.89. The van der Waals surface area contributed by atoms with Crippen molar-refractivity contribution in [2.75, 3.05) is 25.5 Å². The molecule has 2 N–H and O–H groups in total. The number of nitrogens with one attached hydrogen (secondary N) is 2. The van der Waals surface area contributed by atoms with E-state index in [1.54, 1.807) is 7.05 Å². The Kier molecular flexibility index (Phi) is 4.93. The molecule has 1 fully saturated rings. The van der Waals surface area contributed by atoms with E-state index in [0.29, 0.717) is 0 Å². The Balaban J connectivity index is 2.05. The van der Waals surface area contributed by atoms with Gasteiger partial charge in [0.05, 0.1) is 6.04 Å². The lowest BCUT2D eigenvalue weighted by Gasteiger charge is -2.19. The first-order valence-corrected chi connectivity index (χ1v) is 6.99. The second kappa shape index (κ2) is 6.68. The second-order valence-electron chi connectivity index (χ2n) is 5.14. The lowest BCUT2D eigenvalue weighted by molar-refractivity contribution is -0.117. The molecule has 104 valence electrons. The predicted molar refractivity (Wildman–Crippen MR) is 78.1 cm³/mol. The van der Waals surface area contributed by atoms with Gasteiger partial charge in [-0.1, -0.05) is 18.2 Å². The zero-order valence-corrected chi connectivity index (χ0v) is 11.8. The summed E-state index contributed by atoms with van der Waals surface area (Å²) in [7, 11) is 1.79. The zero-order chi connectivity index (χ0) is 13.7. The van der Waals surface area contributed by atoms with E-state index >= 15 is 0 Å². The van der Waals surface area contributed by atoms with Gasteiger partial charge >= 0.3 is 0 Å². The highest BCUT2D eigenvalue weighted by molar-refractivity contribution is 5.95. The molecule has 0 aliphatic carbocycles. The van der Waals surface area contributed by atoms with Crippen LogP contribution in [0.1, 0.15) is 25.3 Å². The molecule has 0 radical (unpaired) electrons. The van der Waals surface area contributed by atoms with E-state index < -0.39 is 0 Å². The van der Waals surface area contributed by atoms with Crippen LogP contribution in [0.4, 0.5) is 5.69 Å². The van der Waals surface area contributed by atoms with Crippen LogP contribution >= 0.6 is 0 Å². The van der Waals surface area contributed by atoms with Crippen molar-refractivity contribution in [1.82, 2.24) is 10.2 Å². The van der Waals surface area contributed by atoms with Gasteiger partial charge < -0.3 is 10.6 Å². The van der Waals surface area contributed by atoms with Gasteiger partial charge in [-0.2, -0.15) is 0 Å². The number of likely N-dealkylation sites (tertiary alicyclic amines) is 1. The van der Waals surface area contributed by atoms with Gasteiger partial charge in [0.1, 0.15) is 0 Å². The average molecular weight is 261 g/mol. The lowest BCUT2D eigenvalue weighted by Crippen LogP contribution is -2.35. The van der Waals surface area contributed by atoms with E-state index in [9.17, 15) is 4.79 Å². The average Bonchev–Trinajstić information content (AvgIpc) is 2.93. The molecule has 4 heteroatoms. The number of rotatable bonds is 5. The van der Waals surface area contributed by atoms with Crippen LogP contribution in [0.15, 0.2) is 24.3 Å². The van der Waals surface area contributed by atoms with E-state index in [0.717, 1.165) is 25.3 Å². The first-order valence-electron chi connectivity index (χ1n) is 6.99. The Hall–Kier alpha value is -1.39. The minimum Gasteiger partial charge on any atom is -0.324 e. The summed E-state index contributed by atoms with van der Waals surface area (Å²) in [5, 5.41) is 5.96. The fraction of sp³-hybridized carbons (Fsp3) is 0.533. The van der Waals surface area contributed by atoms with Crippen molar-refractivity contribution in [3.05, 3.63) is 29.8 Å². The summed E-state index contributed by atoms with van der Waals surface area (Å²) < 4.78 is 0. The fourth-order valence-corrected chi connectivity index (χ4v) is 2.33. The van der Waals surface area contributed by atoms with E-state index in [1.165, 1.54) is 18.4 Å². The number of hydrogen-bond donors (Lipinski definition) is 2. The van der Waals surface area contributed by atoms with E-state index in [2.05, 4.69) is 21.6 Å². The minimum absolute atomic E-state index is 0.0105. The molecule has 2 rings (SSSR count). The Morgan fingerprint density at radius 3 is 2.68 bits per heavy atom. The summed E-state index contributed by atoms with van der Waals surface area (Å²) in [5.74, 6) is 0.0105. The normalized spacial score (nSPS) is 17.4. The van der Waals surface area contributed by atoms with Gasteiger partial charge in [-0.3, -0.25) is 9.69 Å². The van der Waals surface area contributed by atoms with Crippen molar-refractivity contribution < 1.29 is 4.79 Å². The molecule has 1 aromatic carbocycles. The molecule has 0 aromatic heterocycles. The van der Waals surface area contributed by atoms with Gasteiger partial charge in [0.25, 0.3) is 0 Å². The van der Waals surface area contributed by atoms with Crippen LogP contribution in [0.3, 0.4) is 0 Å². The highest BCUT2D eigenvalue weighted by Gasteiger charge is 2.16. The summed E-state index contributed by atoms with van der Waals surface area (Å²) >= 11 is 0. The standard InChI is InChI=1S/C15H23N3O/c1-12(16-2)15(19)17-14-8-4-3-7-13(14)11-18-9-5-6-10-18/h3-4,7-8,12,16H,5-6,9-11H2,1-2H3,(H,17,19). The SMILES string of the molecule is CNC(C)C(=O)Nc1ccccc1CN1CCCC1. The molecule has 1 heterocycles. The van der Waals surface area contributed by atoms with E-state index in [-0.39, 0.29) is 11.9 Å². The van der Waals surface area contributed by atoms with Gasteiger partial charge in [0.2, 0.25) is 5.91 Å². The predicted octanol–water partition coefficient (Wildman–Crippen LogP) is 1.83. The summed E-state index contributed by atoms with van der Waals surface area (Å²) in [6.45, 7) is 5.10. The number of nitrogens with zero attached hydrogens (tertiary/aromatic N) is 1. The summed E-state index contributed by atoms with van der Waals surface area (Å²) in [4.78, 5) is 14.4. The Labute approximate surface area is 115 Å². The van der Waals surface area contributed by atoms with Crippen LogP contribution in [0.2, 0.25) is 0 Å². The van der Waals surface area contributed by atoms with E-state index in [1.807, 2.05) is 25.1 Å². The highest BCUT2D eigenvalue weighted by Crippen LogP contribution is 2.20. The van der Waals surface area contributed by atoms with E-state index in [4.69, 9.17) is 0 Å². The van der Waals surface area contributed by atoms with Gasteiger partial charge in [-0.15, -0.1) is 0 Å². The number of anilines is 1. The quantitative estimate of drug-likeness (QED) is 0.850. The molecular weight excluding hydrogens is 238 g/mol. The molecule has 1 atom stereocenters. The second-order valence-corrected chi connectivity index (χ2v) is 5.14. The van der Waals surface area contributed by atoms with Crippen LogP contribution in [0.25, 0.3) is 0 Å². The smallest absolute Gasteiger partial charge is 0.241 e. The Morgan fingerprint density at radius 2 is 2.00 bits per heavy atom.